The smallest absolute Gasteiger partial charge is 0.113 e. The van der Waals surface area contributed by atoms with Crippen LogP contribution >= 0.6 is 11.6 Å². The van der Waals surface area contributed by atoms with E-state index in [-0.39, 0.29) is 6.04 Å². The van der Waals surface area contributed by atoms with E-state index in [1.807, 2.05) is 12.1 Å². The van der Waals surface area contributed by atoms with Gasteiger partial charge in [-0.1, -0.05) is 84.4 Å². The third kappa shape index (κ3) is 2.86. The highest BCUT2D eigenvalue weighted by Gasteiger charge is 2.37. The van der Waals surface area contributed by atoms with Gasteiger partial charge in [-0.15, -0.1) is 0 Å². The van der Waals surface area contributed by atoms with Crippen LogP contribution in [0.1, 0.15) is 29.7 Å². The van der Waals surface area contributed by atoms with E-state index in [9.17, 15) is 0 Å². The van der Waals surface area contributed by atoms with Crippen LogP contribution in [0, 0.1) is 0 Å². The Hall–Kier alpha value is -2.81. The summed E-state index contributed by atoms with van der Waals surface area (Å²) in [6.45, 7) is 2.21. The van der Waals surface area contributed by atoms with E-state index < -0.39 is 5.66 Å². The average Bonchev–Trinajstić information content (AvgIpc) is 2.74. The predicted molar refractivity (Wildman–Crippen MR) is 118 cm³/mol. The normalized spacial score (nSPS) is 21.1. The molecular formula is C25H21ClN2. The van der Waals surface area contributed by atoms with Crippen LogP contribution in [0.3, 0.4) is 0 Å². The second-order valence-corrected chi connectivity index (χ2v) is 7.93. The summed E-state index contributed by atoms with van der Waals surface area (Å²) in [6.07, 6.45) is 0. The first-order chi connectivity index (χ1) is 13.6. The highest BCUT2D eigenvalue weighted by molar-refractivity contribution is 6.30. The molecule has 2 N–H and O–H groups in total. The molecule has 0 bridgehead atoms. The SMILES string of the molecule is CC1(c2cccc3ccccc23)Nc2ccc(Cl)cc2C(c2ccccc2)N1. The van der Waals surface area contributed by atoms with Gasteiger partial charge in [-0.2, -0.15) is 0 Å². The quantitative estimate of drug-likeness (QED) is 0.413. The zero-order valence-corrected chi connectivity index (χ0v) is 16.4. The van der Waals surface area contributed by atoms with E-state index >= 15 is 0 Å². The third-order valence-corrected chi connectivity index (χ3v) is 5.84. The summed E-state index contributed by atoms with van der Waals surface area (Å²) >= 11 is 6.34. The van der Waals surface area contributed by atoms with E-state index in [0.29, 0.717) is 0 Å². The summed E-state index contributed by atoms with van der Waals surface area (Å²) in [4.78, 5) is 0. The Morgan fingerprint density at radius 2 is 1.57 bits per heavy atom. The van der Waals surface area contributed by atoms with E-state index in [4.69, 9.17) is 11.6 Å². The van der Waals surface area contributed by atoms with Crippen LogP contribution in [0.2, 0.25) is 5.02 Å². The van der Waals surface area contributed by atoms with Crippen molar-refractivity contribution < 1.29 is 0 Å². The minimum Gasteiger partial charge on any atom is -0.363 e. The molecule has 0 spiro atoms. The van der Waals surface area contributed by atoms with Crippen molar-refractivity contribution in [3.63, 3.8) is 0 Å². The third-order valence-electron chi connectivity index (χ3n) is 5.60. The summed E-state index contributed by atoms with van der Waals surface area (Å²) in [5.41, 5.74) is 4.29. The van der Waals surface area contributed by atoms with Crippen molar-refractivity contribution in [2.45, 2.75) is 18.6 Å². The lowest BCUT2D eigenvalue weighted by atomic mass is 9.87. The zero-order valence-electron chi connectivity index (χ0n) is 15.6. The maximum Gasteiger partial charge on any atom is 0.113 e. The lowest BCUT2D eigenvalue weighted by molar-refractivity contribution is 0.369. The number of anilines is 1. The molecule has 28 heavy (non-hydrogen) atoms. The number of benzene rings is 4. The molecular weight excluding hydrogens is 364 g/mol. The van der Waals surface area contributed by atoms with Crippen molar-refractivity contribution in [3.8, 4) is 0 Å². The molecule has 2 unspecified atom stereocenters. The summed E-state index contributed by atoms with van der Waals surface area (Å²) in [6, 6.07) is 31.7. The Bertz CT molecular complexity index is 1150. The van der Waals surface area contributed by atoms with Gasteiger partial charge in [0.25, 0.3) is 0 Å². The summed E-state index contributed by atoms with van der Waals surface area (Å²) in [7, 11) is 0. The molecule has 138 valence electrons. The van der Waals surface area contributed by atoms with Crippen LogP contribution in [0.4, 0.5) is 5.69 Å². The molecule has 0 amide bonds. The van der Waals surface area contributed by atoms with E-state index in [2.05, 4.69) is 96.4 Å². The van der Waals surface area contributed by atoms with Gasteiger partial charge in [0.1, 0.15) is 5.66 Å². The van der Waals surface area contributed by atoms with Crippen molar-refractivity contribution >= 4 is 28.1 Å². The zero-order chi connectivity index (χ0) is 19.1. The minimum atomic E-state index is -0.428. The number of hydrogen-bond acceptors (Lipinski definition) is 2. The maximum absolute atomic E-state index is 6.34. The highest BCUT2D eigenvalue weighted by atomic mass is 35.5. The maximum atomic E-state index is 6.34. The predicted octanol–water partition coefficient (Wildman–Crippen LogP) is 6.47. The van der Waals surface area contributed by atoms with Gasteiger partial charge >= 0.3 is 0 Å². The molecule has 0 saturated heterocycles. The van der Waals surface area contributed by atoms with Crippen molar-refractivity contribution in [2.24, 2.45) is 0 Å². The second-order valence-electron chi connectivity index (χ2n) is 7.50. The van der Waals surface area contributed by atoms with Crippen molar-refractivity contribution in [1.82, 2.24) is 5.32 Å². The Kier molecular flexibility index (Phi) is 4.12. The topological polar surface area (TPSA) is 24.1 Å². The molecule has 4 aromatic carbocycles. The van der Waals surface area contributed by atoms with Crippen LogP contribution < -0.4 is 10.6 Å². The fourth-order valence-corrected chi connectivity index (χ4v) is 4.45. The first kappa shape index (κ1) is 17.3. The highest BCUT2D eigenvalue weighted by Crippen LogP contribution is 2.41. The molecule has 2 nitrogen and oxygen atoms in total. The molecule has 3 heteroatoms. The first-order valence-electron chi connectivity index (χ1n) is 9.53. The number of hydrogen-bond donors (Lipinski definition) is 2. The van der Waals surface area contributed by atoms with Crippen LogP contribution in [0.25, 0.3) is 10.8 Å². The summed E-state index contributed by atoms with van der Waals surface area (Å²) in [5.74, 6) is 0. The first-order valence-corrected chi connectivity index (χ1v) is 9.90. The molecule has 0 fully saturated rings. The van der Waals surface area contributed by atoms with Crippen molar-refractivity contribution in [3.05, 3.63) is 113 Å². The van der Waals surface area contributed by atoms with E-state index in [0.717, 1.165) is 16.3 Å². The Morgan fingerprint density at radius 1 is 0.821 bits per heavy atom. The van der Waals surface area contributed by atoms with Crippen LogP contribution in [0.5, 0.6) is 0 Å². The molecule has 1 heterocycles. The summed E-state index contributed by atoms with van der Waals surface area (Å²) in [5, 5.41) is 10.8. The number of rotatable bonds is 2. The van der Waals surface area contributed by atoms with Crippen LogP contribution in [0.15, 0.2) is 91.0 Å². The van der Waals surface area contributed by atoms with Crippen molar-refractivity contribution in [2.75, 3.05) is 5.32 Å². The van der Waals surface area contributed by atoms with Gasteiger partial charge in [-0.25, -0.2) is 0 Å². The van der Waals surface area contributed by atoms with Gasteiger partial charge in [0.15, 0.2) is 0 Å². The largest absolute Gasteiger partial charge is 0.363 e. The molecule has 4 aromatic rings. The van der Waals surface area contributed by atoms with E-state index in [1.54, 1.807) is 0 Å². The fraction of sp³-hybridized carbons (Fsp3) is 0.120. The molecule has 0 aromatic heterocycles. The monoisotopic (exact) mass is 384 g/mol. The second kappa shape index (κ2) is 6.66. The lowest BCUT2D eigenvalue weighted by Crippen LogP contribution is -2.51. The van der Waals surface area contributed by atoms with Gasteiger partial charge in [0, 0.05) is 10.7 Å². The standard InChI is InChI=1S/C25H21ClN2/c1-25(22-13-7-11-17-8-5-6-12-20(17)22)27-23-15-14-19(26)16-21(23)24(28-25)18-9-3-2-4-10-18/h2-16,24,27-28H,1H3. The molecule has 0 saturated carbocycles. The Balaban J connectivity index is 1.70. The van der Waals surface area contributed by atoms with Gasteiger partial charge < -0.3 is 5.32 Å². The molecule has 1 aliphatic rings. The van der Waals surface area contributed by atoms with Crippen LogP contribution in [-0.2, 0) is 5.66 Å². The van der Waals surface area contributed by atoms with Crippen molar-refractivity contribution in [1.29, 1.82) is 0 Å². The number of halogens is 1. The van der Waals surface area contributed by atoms with Gasteiger partial charge in [-0.05, 0) is 52.6 Å². The van der Waals surface area contributed by atoms with Gasteiger partial charge in [0.2, 0.25) is 0 Å². The number of nitrogens with one attached hydrogen (secondary N) is 2. The van der Waals surface area contributed by atoms with Gasteiger partial charge in [0.05, 0.1) is 6.04 Å². The molecule has 0 radical (unpaired) electrons. The minimum absolute atomic E-state index is 0.0418. The van der Waals surface area contributed by atoms with Crippen LogP contribution in [-0.4, -0.2) is 0 Å². The summed E-state index contributed by atoms with van der Waals surface area (Å²) < 4.78 is 0. The Labute approximate surface area is 170 Å². The van der Waals surface area contributed by atoms with E-state index in [1.165, 1.54) is 21.9 Å². The molecule has 1 aliphatic heterocycles. The molecule has 2 atom stereocenters. The molecule has 5 rings (SSSR count). The average molecular weight is 385 g/mol. The Morgan fingerprint density at radius 3 is 2.43 bits per heavy atom. The van der Waals surface area contributed by atoms with Gasteiger partial charge in [-0.3, -0.25) is 5.32 Å². The lowest BCUT2D eigenvalue weighted by Gasteiger charge is -2.43. The molecule has 0 aliphatic carbocycles. The fourth-order valence-electron chi connectivity index (χ4n) is 4.27. The number of fused-ring (bicyclic) bond motifs is 2.